The molecule has 0 saturated heterocycles. The van der Waals surface area contributed by atoms with Gasteiger partial charge in [-0.25, -0.2) is 4.98 Å². The summed E-state index contributed by atoms with van der Waals surface area (Å²) in [6.07, 6.45) is 3.26. The minimum absolute atomic E-state index is 0.0484. The predicted molar refractivity (Wildman–Crippen MR) is 93.0 cm³/mol. The fraction of sp³-hybridized carbons (Fsp3) is 0.0588. The second-order valence-electron chi connectivity index (χ2n) is 5.12. The zero-order valence-electron chi connectivity index (χ0n) is 12.8. The summed E-state index contributed by atoms with van der Waals surface area (Å²) in [5, 5.41) is 3.64. The van der Waals surface area contributed by atoms with Gasteiger partial charge in [0.15, 0.2) is 5.69 Å². The number of hydrogen-bond acceptors (Lipinski definition) is 5. The fourth-order valence-electron chi connectivity index (χ4n) is 2.07. The first-order valence-electron chi connectivity index (χ1n) is 7.13. The molecule has 120 valence electrons. The van der Waals surface area contributed by atoms with Gasteiger partial charge in [-0.2, -0.15) is 0 Å². The fourth-order valence-corrected chi connectivity index (χ4v) is 3.04. The summed E-state index contributed by atoms with van der Waals surface area (Å²) in [6.45, 7) is 1.94. The second-order valence-corrected chi connectivity index (χ2v) is 6.12. The van der Waals surface area contributed by atoms with Crippen molar-refractivity contribution in [2.75, 3.05) is 5.32 Å². The third kappa shape index (κ3) is 3.31. The number of hydrogen-bond donors (Lipinski definition) is 2. The normalized spacial score (nSPS) is 10.4. The molecule has 0 bridgehead atoms. The number of thiazole rings is 1. The molecule has 3 aromatic rings. The number of primary amides is 1. The van der Waals surface area contributed by atoms with Gasteiger partial charge in [-0.3, -0.25) is 14.6 Å². The molecule has 0 atom stereocenters. The highest BCUT2D eigenvalue weighted by Gasteiger charge is 2.19. The van der Waals surface area contributed by atoms with Crippen molar-refractivity contribution in [1.82, 2.24) is 9.97 Å². The van der Waals surface area contributed by atoms with Crippen LogP contribution < -0.4 is 11.1 Å². The monoisotopic (exact) mass is 338 g/mol. The maximum Gasteiger partial charge on any atom is 0.270 e. The summed E-state index contributed by atoms with van der Waals surface area (Å²) in [5.74, 6) is -1.01. The topological polar surface area (TPSA) is 98.0 Å². The Morgan fingerprint density at radius 1 is 1.08 bits per heavy atom. The van der Waals surface area contributed by atoms with Crippen molar-refractivity contribution < 1.29 is 9.59 Å². The Morgan fingerprint density at radius 3 is 2.38 bits per heavy atom. The number of amides is 2. The summed E-state index contributed by atoms with van der Waals surface area (Å²) in [4.78, 5) is 32.2. The van der Waals surface area contributed by atoms with E-state index in [1.165, 1.54) is 11.3 Å². The maximum atomic E-state index is 12.4. The minimum atomic E-state index is -0.689. The van der Waals surface area contributed by atoms with E-state index in [4.69, 9.17) is 5.73 Å². The van der Waals surface area contributed by atoms with E-state index in [0.29, 0.717) is 15.6 Å². The van der Waals surface area contributed by atoms with Crippen LogP contribution in [0.3, 0.4) is 0 Å². The van der Waals surface area contributed by atoms with E-state index in [0.717, 1.165) is 11.1 Å². The Labute approximate surface area is 142 Å². The number of rotatable bonds is 4. The van der Waals surface area contributed by atoms with E-state index in [1.807, 2.05) is 19.1 Å². The lowest BCUT2D eigenvalue weighted by Crippen LogP contribution is -2.17. The van der Waals surface area contributed by atoms with Crippen molar-refractivity contribution in [2.45, 2.75) is 6.92 Å². The van der Waals surface area contributed by atoms with Gasteiger partial charge in [-0.05, 0) is 31.2 Å². The summed E-state index contributed by atoms with van der Waals surface area (Å²) in [7, 11) is 0. The van der Waals surface area contributed by atoms with Crippen molar-refractivity contribution in [3.8, 4) is 10.6 Å². The van der Waals surface area contributed by atoms with Crippen LogP contribution in [0.2, 0.25) is 0 Å². The number of carbonyl (C=O) groups is 2. The van der Waals surface area contributed by atoms with Crippen LogP contribution in [-0.2, 0) is 0 Å². The van der Waals surface area contributed by atoms with Crippen LogP contribution >= 0.6 is 11.3 Å². The molecule has 0 fully saturated rings. The largest absolute Gasteiger partial charge is 0.364 e. The number of nitrogens with zero attached hydrogens (tertiary/aromatic N) is 2. The van der Waals surface area contributed by atoms with Crippen molar-refractivity contribution in [3.63, 3.8) is 0 Å². The number of anilines is 1. The molecule has 3 N–H and O–H groups in total. The highest BCUT2D eigenvalue weighted by molar-refractivity contribution is 7.19. The first kappa shape index (κ1) is 15.8. The van der Waals surface area contributed by atoms with Crippen molar-refractivity contribution in [3.05, 3.63) is 65.6 Å². The summed E-state index contributed by atoms with van der Waals surface area (Å²) < 4.78 is 0. The van der Waals surface area contributed by atoms with Gasteiger partial charge in [-0.15, -0.1) is 0 Å². The summed E-state index contributed by atoms with van der Waals surface area (Å²) in [6, 6.07) is 10.7. The van der Waals surface area contributed by atoms with Crippen molar-refractivity contribution in [1.29, 1.82) is 0 Å². The molecule has 0 spiro atoms. The van der Waals surface area contributed by atoms with Gasteiger partial charge in [-0.1, -0.05) is 29.0 Å². The van der Waals surface area contributed by atoms with Gasteiger partial charge in [0.2, 0.25) is 0 Å². The average Bonchev–Trinajstić information content (AvgIpc) is 3.00. The lowest BCUT2D eigenvalue weighted by Gasteiger charge is -2.04. The van der Waals surface area contributed by atoms with E-state index in [1.54, 1.807) is 36.7 Å². The van der Waals surface area contributed by atoms with Crippen LogP contribution in [0.5, 0.6) is 0 Å². The molecule has 2 amide bonds. The molecule has 2 heterocycles. The first-order chi connectivity index (χ1) is 11.5. The molecule has 0 saturated carbocycles. The third-order valence-corrected chi connectivity index (χ3v) is 4.35. The van der Waals surface area contributed by atoms with Gasteiger partial charge >= 0.3 is 0 Å². The number of benzene rings is 1. The van der Waals surface area contributed by atoms with E-state index in [9.17, 15) is 9.59 Å². The van der Waals surface area contributed by atoms with Crippen LogP contribution in [0.1, 0.15) is 26.4 Å². The third-order valence-electron chi connectivity index (χ3n) is 3.33. The average molecular weight is 338 g/mol. The maximum absolute atomic E-state index is 12.4. The standard InChI is InChI=1S/C17H14N4O2S/c1-10-2-4-11(5-3-10)15(23)21-17-13(14(18)22)20-16(24-17)12-6-8-19-9-7-12/h2-9H,1H3,(H2,18,22)(H,21,23). The molecule has 0 unspecified atom stereocenters. The number of aryl methyl sites for hydroxylation is 1. The molecular weight excluding hydrogens is 324 g/mol. The van der Waals surface area contributed by atoms with Crippen LogP contribution in [0.25, 0.3) is 10.6 Å². The minimum Gasteiger partial charge on any atom is -0.364 e. The lowest BCUT2D eigenvalue weighted by molar-refractivity contribution is 0.0997. The van der Waals surface area contributed by atoms with E-state index in [2.05, 4.69) is 15.3 Å². The number of aromatic nitrogens is 2. The first-order valence-corrected chi connectivity index (χ1v) is 7.95. The SMILES string of the molecule is Cc1ccc(C(=O)Nc2sc(-c3ccncc3)nc2C(N)=O)cc1. The van der Waals surface area contributed by atoms with Gasteiger partial charge in [0, 0.05) is 23.5 Å². The van der Waals surface area contributed by atoms with E-state index in [-0.39, 0.29) is 11.6 Å². The van der Waals surface area contributed by atoms with Crippen LogP contribution in [-0.4, -0.2) is 21.8 Å². The number of nitrogens with two attached hydrogens (primary N) is 1. The molecule has 1 aromatic carbocycles. The molecule has 0 aliphatic rings. The summed E-state index contributed by atoms with van der Waals surface area (Å²) >= 11 is 1.20. The Bertz CT molecular complexity index is 889. The second kappa shape index (κ2) is 6.59. The lowest BCUT2D eigenvalue weighted by atomic mass is 10.1. The molecule has 2 aromatic heterocycles. The molecular formula is C17H14N4O2S. The summed E-state index contributed by atoms with van der Waals surface area (Å²) in [5.41, 5.74) is 7.78. The van der Waals surface area contributed by atoms with Crippen molar-refractivity contribution >= 4 is 28.2 Å². The predicted octanol–water partition coefficient (Wildman–Crippen LogP) is 2.86. The van der Waals surface area contributed by atoms with Crippen LogP contribution in [0.15, 0.2) is 48.8 Å². The Balaban J connectivity index is 1.92. The Morgan fingerprint density at radius 2 is 1.75 bits per heavy atom. The Kier molecular flexibility index (Phi) is 4.35. The van der Waals surface area contributed by atoms with Crippen molar-refractivity contribution in [2.24, 2.45) is 5.73 Å². The van der Waals surface area contributed by atoms with Gasteiger partial charge in [0.25, 0.3) is 11.8 Å². The number of nitrogens with one attached hydrogen (secondary N) is 1. The molecule has 6 nitrogen and oxygen atoms in total. The molecule has 0 aliphatic heterocycles. The highest BCUT2D eigenvalue weighted by atomic mass is 32.1. The quantitative estimate of drug-likeness (QED) is 0.764. The number of carbonyl (C=O) groups excluding carboxylic acids is 2. The van der Waals surface area contributed by atoms with Gasteiger partial charge in [0.05, 0.1) is 0 Å². The smallest absolute Gasteiger partial charge is 0.270 e. The molecule has 3 rings (SSSR count). The molecule has 24 heavy (non-hydrogen) atoms. The van der Waals surface area contributed by atoms with E-state index < -0.39 is 5.91 Å². The zero-order chi connectivity index (χ0) is 17.1. The highest BCUT2D eigenvalue weighted by Crippen LogP contribution is 2.32. The Hall–Kier alpha value is -3.06. The van der Waals surface area contributed by atoms with Crippen LogP contribution in [0, 0.1) is 6.92 Å². The van der Waals surface area contributed by atoms with Gasteiger partial charge < -0.3 is 11.1 Å². The molecule has 0 radical (unpaired) electrons. The molecule has 0 aliphatic carbocycles. The number of pyridine rings is 1. The molecule has 7 heteroatoms. The van der Waals surface area contributed by atoms with E-state index >= 15 is 0 Å². The zero-order valence-corrected chi connectivity index (χ0v) is 13.6. The van der Waals surface area contributed by atoms with Gasteiger partial charge in [0.1, 0.15) is 10.0 Å². The van der Waals surface area contributed by atoms with Crippen LogP contribution in [0.4, 0.5) is 5.00 Å².